The summed E-state index contributed by atoms with van der Waals surface area (Å²) in [6.07, 6.45) is 17.0. The van der Waals surface area contributed by atoms with E-state index in [1.165, 1.54) is 81.2 Å². The van der Waals surface area contributed by atoms with Gasteiger partial charge in [0, 0.05) is 24.2 Å². The molecule has 0 saturated carbocycles. The van der Waals surface area contributed by atoms with Gasteiger partial charge >= 0.3 is 0 Å². The third kappa shape index (κ3) is 9.27. The van der Waals surface area contributed by atoms with Crippen molar-refractivity contribution in [3.8, 4) is 0 Å². The molecule has 222 valence electrons. The Morgan fingerprint density at radius 2 is 1.37 bits per heavy atom. The number of nitro benzene ring substituents is 1. The van der Waals surface area contributed by atoms with Crippen LogP contribution in [0.3, 0.4) is 0 Å². The van der Waals surface area contributed by atoms with E-state index in [9.17, 15) is 24.8 Å². The van der Waals surface area contributed by atoms with Gasteiger partial charge in [0.15, 0.2) is 0 Å². The second kappa shape index (κ2) is 16.7. The number of non-ortho nitro benzene ring substituents is 1. The molecule has 0 radical (unpaired) electrons. The maximum Gasteiger partial charge on any atom is 0.295 e. The molecule has 0 bridgehead atoms. The Kier molecular flexibility index (Phi) is 13.1. The standard InChI is InChI=1S/C34H46N2O5/c1-3-4-5-6-7-8-9-10-11-12-13-14-15-16-24-35-31(28-18-17-19-29(25-28)36(40)41)30(33(38)34(35)39)32(37)27-22-20-26(2)21-23-27/h17-23,25,31,37H,3-16,24H2,1-2H3/b32-30+. The smallest absolute Gasteiger partial charge is 0.295 e. The van der Waals surface area contributed by atoms with Crippen LogP contribution in [0.15, 0.2) is 54.1 Å². The summed E-state index contributed by atoms with van der Waals surface area (Å²) < 4.78 is 0. The van der Waals surface area contributed by atoms with Crippen molar-refractivity contribution in [2.75, 3.05) is 6.54 Å². The monoisotopic (exact) mass is 562 g/mol. The van der Waals surface area contributed by atoms with Crippen molar-refractivity contribution in [3.05, 3.63) is 80.9 Å². The molecule has 2 aromatic carbocycles. The lowest BCUT2D eigenvalue weighted by atomic mass is 9.94. The molecule has 7 heteroatoms. The van der Waals surface area contributed by atoms with Crippen LogP contribution in [0.25, 0.3) is 5.76 Å². The molecule has 7 nitrogen and oxygen atoms in total. The molecule has 0 aliphatic carbocycles. The number of rotatable bonds is 18. The van der Waals surface area contributed by atoms with E-state index < -0.39 is 22.7 Å². The molecule has 3 rings (SSSR count). The third-order valence-electron chi connectivity index (χ3n) is 8.01. The first-order chi connectivity index (χ1) is 19.8. The van der Waals surface area contributed by atoms with Crippen LogP contribution < -0.4 is 0 Å². The van der Waals surface area contributed by atoms with Gasteiger partial charge in [0.25, 0.3) is 17.4 Å². The summed E-state index contributed by atoms with van der Waals surface area (Å²) in [6.45, 7) is 4.51. The number of aliphatic hydroxyl groups excluding tert-OH is 1. The van der Waals surface area contributed by atoms with Crippen molar-refractivity contribution in [3.63, 3.8) is 0 Å². The maximum absolute atomic E-state index is 13.2. The van der Waals surface area contributed by atoms with Crippen LogP contribution in [0.2, 0.25) is 0 Å². The van der Waals surface area contributed by atoms with Crippen LogP contribution in [0, 0.1) is 17.0 Å². The van der Waals surface area contributed by atoms with Crippen molar-refractivity contribution in [2.24, 2.45) is 0 Å². The molecule has 2 aromatic rings. The molecule has 1 amide bonds. The van der Waals surface area contributed by atoms with Crippen molar-refractivity contribution >= 4 is 23.1 Å². The van der Waals surface area contributed by atoms with Crippen LogP contribution in [-0.2, 0) is 9.59 Å². The maximum atomic E-state index is 13.2. The first-order valence-corrected chi connectivity index (χ1v) is 15.4. The Balaban J connectivity index is 1.59. The van der Waals surface area contributed by atoms with Crippen LogP contribution in [0.1, 0.15) is 120 Å². The number of amides is 1. The van der Waals surface area contributed by atoms with Gasteiger partial charge in [-0.05, 0) is 18.9 Å². The van der Waals surface area contributed by atoms with E-state index >= 15 is 0 Å². The van der Waals surface area contributed by atoms with Crippen LogP contribution in [-0.4, -0.2) is 33.2 Å². The highest BCUT2D eigenvalue weighted by Gasteiger charge is 2.46. The number of Topliss-reactive ketones (excluding diaryl/α,β-unsaturated/α-hetero) is 1. The first kappa shape index (κ1) is 32.0. The van der Waals surface area contributed by atoms with E-state index in [4.69, 9.17) is 0 Å². The van der Waals surface area contributed by atoms with Crippen molar-refractivity contribution in [1.29, 1.82) is 0 Å². The summed E-state index contributed by atoms with van der Waals surface area (Å²) in [5, 5.41) is 22.6. The summed E-state index contributed by atoms with van der Waals surface area (Å²) in [7, 11) is 0. The molecule has 1 aliphatic heterocycles. The second-order valence-electron chi connectivity index (χ2n) is 11.3. The SMILES string of the molecule is CCCCCCCCCCCCCCCCN1C(=O)C(=O)/C(=C(/O)c2ccc(C)cc2)C1c1cccc([N+](=O)[O-])c1. The Morgan fingerprint density at radius 3 is 1.90 bits per heavy atom. The number of aryl methyl sites for hydroxylation is 1. The van der Waals surface area contributed by atoms with Crippen LogP contribution in [0.4, 0.5) is 5.69 Å². The molecule has 1 unspecified atom stereocenters. The average Bonchev–Trinajstić information content (AvgIpc) is 3.22. The average molecular weight is 563 g/mol. The number of carbonyl (C=O) groups is 2. The van der Waals surface area contributed by atoms with Gasteiger partial charge in [-0.15, -0.1) is 0 Å². The first-order valence-electron chi connectivity index (χ1n) is 15.4. The number of nitrogens with zero attached hydrogens (tertiary/aromatic N) is 2. The highest BCUT2D eigenvalue weighted by Crippen LogP contribution is 2.40. The fourth-order valence-corrected chi connectivity index (χ4v) is 5.61. The van der Waals surface area contributed by atoms with E-state index in [1.807, 2.05) is 19.1 Å². The topological polar surface area (TPSA) is 101 Å². The van der Waals surface area contributed by atoms with Gasteiger partial charge in [0.1, 0.15) is 5.76 Å². The number of aliphatic hydroxyl groups is 1. The zero-order valence-corrected chi connectivity index (χ0v) is 24.8. The van der Waals surface area contributed by atoms with Gasteiger partial charge in [-0.25, -0.2) is 0 Å². The highest BCUT2D eigenvalue weighted by molar-refractivity contribution is 6.46. The van der Waals surface area contributed by atoms with Gasteiger partial charge in [-0.2, -0.15) is 0 Å². The van der Waals surface area contributed by atoms with Gasteiger partial charge in [0.2, 0.25) is 0 Å². The second-order valence-corrected chi connectivity index (χ2v) is 11.3. The predicted octanol–water partition coefficient (Wildman–Crippen LogP) is 8.81. The molecule has 1 heterocycles. The Morgan fingerprint density at radius 1 is 0.829 bits per heavy atom. The lowest BCUT2D eigenvalue weighted by Crippen LogP contribution is -2.30. The summed E-state index contributed by atoms with van der Waals surface area (Å²) >= 11 is 0. The predicted molar refractivity (Wildman–Crippen MR) is 164 cm³/mol. The molecular weight excluding hydrogens is 516 g/mol. The van der Waals surface area contributed by atoms with E-state index in [0.717, 1.165) is 31.2 Å². The zero-order chi connectivity index (χ0) is 29.6. The minimum absolute atomic E-state index is 0.0234. The van der Waals surface area contributed by atoms with Crippen LogP contribution >= 0.6 is 0 Å². The van der Waals surface area contributed by atoms with Gasteiger partial charge < -0.3 is 10.0 Å². The third-order valence-corrected chi connectivity index (χ3v) is 8.01. The lowest BCUT2D eigenvalue weighted by molar-refractivity contribution is -0.384. The number of hydrogen-bond donors (Lipinski definition) is 1. The summed E-state index contributed by atoms with van der Waals surface area (Å²) in [6, 6.07) is 12.2. The van der Waals surface area contributed by atoms with Gasteiger partial charge in [0.05, 0.1) is 16.5 Å². The van der Waals surface area contributed by atoms with Gasteiger partial charge in [-0.1, -0.05) is 132 Å². The zero-order valence-electron chi connectivity index (χ0n) is 24.8. The number of unbranched alkanes of at least 4 members (excludes halogenated alkanes) is 13. The Labute approximate surface area is 244 Å². The number of carbonyl (C=O) groups excluding carboxylic acids is 2. The van der Waals surface area contributed by atoms with E-state index in [0.29, 0.717) is 17.7 Å². The summed E-state index contributed by atoms with van der Waals surface area (Å²) in [5.41, 5.74) is 1.72. The summed E-state index contributed by atoms with van der Waals surface area (Å²) in [5.74, 6) is -1.70. The Hall–Kier alpha value is -3.48. The fraction of sp³-hybridized carbons (Fsp3) is 0.529. The lowest BCUT2D eigenvalue weighted by Gasteiger charge is -2.25. The molecule has 0 spiro atoms. The Bertz CT molecular complexity index is 1190. The molecule has 1 aliphatic rings. The largest absolute Gasteiger partial charge is 0.507 e. The van der Waals surface area contributed by atoms with Crippen LogP contribution in [0.5, 0.6) is 0 Å². The van der Waals surface area contributed by atoms with Crippen molar-refractivity contribution in [2.45, 2.75) is 110 Å². The minimum Gasteiger partial charge on any atom is -0.507 e. The minimum atomic E-state index is -0.877. The molecule has 41 heavy (non-hydrogen) atoms. The van der Waals surface area contributed by atoms with E-state index in [2.05, 4.69) is 6.92 Å². The van der Waals surface area contributed by atoms with Gasteiger partial charge in [-0.3, -0.25) is 19.7 Å². The number of nitro groups is 1. The number of ketones is 1. The fourth-order valence-electron chi connectivity index (χ4n) is 5.61. The number of benzene rings is 2. The van der Waals surface area contributed by atoms with Crippen molar-refractivity contribution in [1.82, 2.24) is 4.90 Å². The summed E-state index contributed by atoms with van der Waals surface area (Å²) in [4.78, 5) is 38.8. The molecule has 1 saturated heterocycles. The van der Waals surface area contributed by atoms with E-state index in [1.54, 1.807) is 24.3 Å². The number of likely N-dealkylation sites (tertiary alicyclic amines) is 1. The number of hydrogen-bond acceptors (Lipinski definition) is 5. The molecule has 1 atom stereocenters. The molecule has 0 aromatic heterocycles. The normalized spacial score (nSPS) is 16.4. The molecule has 1 N–H and O–H groups in total. The molecular formula is C34H46N2O5. The quantitative estimate of drug-likeness (QED) is 0.0488. The van der Waals surface area contributed by atoms with E-state index in [-0.39, 0.29) is 17.0 Å². The van der Waals surface area contributed by atoms with Crippen molar-refractivity contribution < 1.29 is 19.6 Å². The molecule has 1 fully saturated rings. The highest BCUT2D eigenvalue weighted by atomic mass is 16.6.